The van der Waals surface area contributed by atoms with Crippen LogP contribution in [0.4, 0.5) is 0 Å². The normalized spacial score (nSPS) is 21.7. The maximum absolute atomic E-state index is 6.32. The molecule has 1 fully saturated rings. The number of ether oxygens (including phenoxy) is 1. The van der Waals surface area contributed by atoms with Crippen molar-refractivity contribution in [2.24, 2.45) is 5.73 Å². The Kier molecular flexibility index (Phi) is 2.41. The standard InChI is InChI=1S/C10H15NOS/c1-8-6-9(7-13-8)10(11)2-4-12-5-3-10/h6-7H,2-5,11H2,1H3. The Morgan fingerprint density at radius 3 is 2.69 bits per heavy atom. The molecule has 1 aliphatic rings. The number of rotatable bonds is 1. The highest BCUT2D eigenvalue weighted by molar-refractivity contribution is 7.10. The predicted molar refractivity (Wildman–Crippen MR) is 55.0 cm³/mol. The van der Waals surface area contributed by atoms with Crippen LogP contribution in [0.25, 0.3) is 0 Å². The van der Waals surface area contributed by atoms with E-state index in [2.05, 4.69) is 18.4 Å². The highest BCUT2D eigenvalue weighted by Crippen LogP contribution is 2.31. The van der Waals surface area contributed by atoms with Crippen molar-refractivity contribution in [3.8, 4) is 0 Å². The van der Waals surface area contributed by atoms with Crippen LogP contribution in [0.3, 0.4) is 0 Å². The lowest BCUT2D eigenvalue weighted by Gasteiger charge is -2.32. The minimum atomic E-state index is -0.122. The molecule has 0 amide bonds. The van der Waals surface area contributed by atoms with Gasteiger partial charge in [0.15, 0.2) is 0 Å². The van der Waals surface area contributed by atoms with Crippen LogP contribution in [0.2, 0.25) is 0 Å². The van der Waals surface area contributed by atoms with Crippen molar-refractivity contribution in [1.29, 1.82) is 0 Å². The third kappa shape index (κ3) is 1.77. The van der Waals surface area contributed by atoms with Crippen LogP contribution in [-0.2, 0) is 10.3 Å². The first-order valence-electron chi connectivity index (χ1n) is 4.63. The smallest absolute Gasteiger partial charge is 0.0486 e. The molecule has 0 atom stereocenters. The largest absolute Gasteiger partial charge is 0.381 e. The Bertz CT molecular complexity index is 289. The van der Waals surface area contributed by atoms with Gasteiger partial charge in [0, 0.05) is 23.6 Å². The van der Waals surface area contributed by atoms with Crippen LogP contribution in [-0.4, -0.2) is 13.2 Å². The van der Waals surface area contributed by atoms with Crippen LogP contribution in [0.1, 0.15) is 23.3 Å². The molecule has 0 unspecified atom stereocenters. The van der Waals surface area contributed by atoms with Gasteiger partial charge in [-0.05, 0) is 36.8 Å². The molecule has 0 radical (unpaired) electrons. The molecule has 1 saturated heterocycles. The average Bonchev–Trinajstić information content (AvgIpc) is 2.54. The van der Waals surface area contributed by atoms with E-state index >= 15 is 0 Å². The minimum Gasteiger partial charge on any atom is -0.381 e. The van der Waals surface area contributed by atoms with Crippen molar-refractivity contribution < 1.29 is 4.74 Å². The zero-order valence-corrected chi connectivity index (χ0v) is 8.69. The Morgan fingerprint density at radius 1 is 1.46 bits per heavy atom. The van der Waals surface area contributed by atoms with E-state index in [-0.39, 0.29) is 5.54 Å². The molecule has 0 aliphatic carbocycles. The average molecular weight is 197 g/mol. The van der Waals surface area contributed by atoms with Gasteiger partial charge in [-0.15, -0.1) is 11.3 Å². The third-order valence-corrected chi connectivity index (χ3v) is 3.55. The van der Waals surface area contributed by atoms with Gasteiger partial charge < -0.3 is 10.5 Å². The Balaban J connectivity index is 2.22. The summed E-state index contributed by atoms with van der Waals surface area (Å²) in [6.45, 7) is 3.72. The Hall–Kier alpha value is -0.380. The summed E-state index contributed by atoms with van der Waals surface area (Å²) in [5.41, 5.74) is 7.49. The molecule has 2 rings (SSSR count). The monoisotopic (exact) mass is 197 g/mol. The quantitative estimate of drug-likeness (QED) is 0.747. The zero-order valence-electron chi connectivity index (χ0n) is 7.88. The molecule has 13 heavy (non-hydrogen) atoms. The molecule has 0 bridgehead atoms. The molecule has 72 valence electrons. The van der Waals surface area contributed by atoms with Gasteiger partial charge >= 0.3 is 0 Å². The SMILES string of the molecule is Cc1cc(C2(N)CCOCC2)cs1. The van der Waals surface area contributed by atoms with E-state index in [4.69, 9.17) is 10.5 Å². The summed E-state index contributed by atoms with van der Waals surface area (Å²) in [6.07, 6.45) is 1.90. The molecular weight excluding hydrogens is 182 g/mol. The second-order valence-electron chi connectivity index (χ2n) is 3.71. The van der Waals surface area contributed by atoms with E-state index in [1.165, 1.54) is 10.4 Å². The topological polar surface area (TPSA) is 35.2 Å². The van der Waals surface area contributed by atoms with E-state index in [1.54, 1.807) is 11.3 Å². The Morgan fingerprint density at radius 2 is 2.15 bits per heavy atom. The fourth-order valence-electron chi connectivity index (χ4n) is 1.73. The first-order valence-corrected chi connectivity index (χ1v) is 5.51. The van der Waals surface area contributed by atoms with Gasteiger partial charge in [-0.2, -0.15) is 0 Å². The van der Waals surface area contributed by atoms with Gasteiger partial charge in [0.1, 0.15) is 0 Å². The molecule has 2 N–H and O–H groups in total. The second-order valence-corrected chi connectivity index (χ2v) is 4.83. The van der Waals surface area contributed by atoms with Crippen LogP contribution >= 0.6 is 11.3 Å². The number of hydrogen-bond donors (Lipinski definition) is 1. The molecule has 0 saturated carbocycles. The van der Waals surface area contributed by atoms with Crippen LogP contribution in [0, 0.1) is 6.92 Å². The van der Waals surface area contributed by atoms with Gasteiger partial charge in [-0.25, -0.2) is 0 Å². The Labute approximate surface area is 82.7 Å². The number of nitrogens with two attached hydrogens (primary N) is 1. The van der Waals surface area contributed by atoms with Crippen LogP contribution in [0.5, 0.6) is 0 Å². The summed E-state index contributed by atoms with van der Waals surface area (Å²) in [7, 11) is 0. The summed E-state index contributed by atoms with van der Waals surface area (Å²) in [5, 5.41) is 2.18. The molecule has 1 aromatic rings. The first kappa shape index (κ1) is 9.19. The maximum Gasteiger partial charge on any atom is 0.0486 e. The summed E-state index contributed by atoms with van der Waals surface area (Å²) in [5.74, 6) is 0. The van der Waals surface area contributed by atoms with Gasteiger partial charge in [-0.3, -0.25) is 0 Å². The highest BCUT2D eigenvalue weighted by Gasteiger charge is 2.30. The lowest BCUT2D eigenvalue weighted by atomic mass is 9.85. The summed E-state index contributed by atoms with van der Waals surface area (Å²) in [4.78, 5) is 1.34. The molecule has 2 heterocycles. The van der Waals surface area contributed by atoms with E-state index in [0.29, 0.717) is 0 Å². The van der Waals surface area contributed by atoms with Gasteiger partial charge in [0.2, 0.25) is 0 Å². The summed E-state index contributed by atoms with van der Waals surface area (Å²) < 4.78 is 5.32. The van der Waals surface area contributed by atoms with Crippen molar-refractivity contribution in [1.82, 2.24) is 0 Å². The van der Waals surface area contributed by atoms with Crippen molar-refractivity contribution in [2.45, 2.75) is 25.3 Å². The lowest BCUT2D eigenvalue weighted by molar-refractivity contribution is 0.0524. The highest BCUT2D eigenvalue weighted by atomic mass is 32.1. The fraction of sp³-hybridized carbons (Fsp3) is 0.600. The van der Waals surface area contributed by atoms with E-state index < -0.39 is 0 Å². The molecule has 1 aliphatic heterocycles. The number of hydrogen-bond acceptors (Lipinski definition) is 3. The molecular formula is C10H15NOS. The molecule has 3 heteroatoms. The zero-order chi connectivity index (χ0) is 9.31. The maximum atomic E-state index is 6.32. The second kappa shape index (κ2) is 3.40. The van der Waals surface area contributed by atoms with E-state index in [1.807, 2.05) is 0 Å². The molecule has 1 aromatic heterocycles. The molecule has 0 spiro atoms. The lowest BCUT2D eigenvalue weighted by Crippen LogP contribution is -2.41. The number of thiophene rings is 1. The fourth-order valence-corrected chi connectivity index (χ4v) is 2.54. The van der Waals surface area contributed by atoms with Gasteiger partial charge in [-0.1, -0.05) is 0 Å². The van der Waals surface area contributed by atoms with E-state index in [0.717, 1.165) is 26.1 Å². The van der Waals surface area contributed by atoms with Crippen LogP contribution in [0.15, 0.2) is 11.4 Å². The minimum absolute atomic E-state index is 0.122. The summed E-state index contributed by atoms with van der Waals surface area (Å²) in [6, 6.07) is 2.20. The molecule has 2 nitrogen and oxygen atoms in total. The van der Waals surface area contributed by atoms with Crippen molar-refractivity contribution >= 4 is 11.3 Å². The van der Waals surface area contributed by atoms with Gasteiger partial charge in [0.25, 0.3) is 0 Å². The number of aryl methyl sites for hydroxylation is 1. The van der Waals surface area contributed by atoms with Crippen molar-refractivity contribution in [3.05, 3.63) is 21.9 Å². The first-order chi connectivity index (χ1) is 6.21. The van der Waals surface area contributed by atoms with Crippen LogP contribution < -0.4 is 5.73 Å². The van der Waals surface area contributed by atoms with Crippen molar-refractivity contribution in [3.63, 3.8) is 0 Å². The van der Waals surface area contributed by atoms with E-state index in [9.17, 15) is 0 Å². The molecule has 0 aromatic carbocycles. The van der Waals surface area contributed by atoms with Crippen molar-refractivity contribution in [2.75, 3.05) is 13.2 Å². The summed E-state index contributed by atoms with van der Waals surface area (Å²) >= 11 is 1.78. The predicted octanol–water partition coefficient (Wildman–Crippen LogP) is 2.02. The third-order valence-electron chi connectivity index (χ3n) is 2.69. The van der Waals surface area contributed by atoms with Gasteiger partial charge in [0.05, 0.1) is 0 Å².